The van der Waals surface area contributed by atoms with E-state index in [2.05, 4.69) is 81.6 Å². The number of rotatable bonds is 5. The maximum Gasteiger partial charge on any atom is 0.224 e. The third-order valence-electron chi connectivity index (χ3n) is 4.90. The molecule has 138 valence electrons. The highest BCUT2D eigenvalue weighted by atomic mass is 15.3. The summed E-state index contributed by atoms with van der Waals surface area (Å²) in [4.78, 5) is 13.8. The van der Waals surface area contributed by atoms with Crippen molar-refractivity contribution in [1.82, 2.24) is 9.97 Å². The van der Waals surface area contributed by atoms with E-state index in [1.165, 1.54) is 16.8 Å². The van der Waals surface area contributed by atoms with Gasteiger partial charge in [-0.2, -0.15) is 4.98 Å². The number of aryl methyl sites for hydroxylation is 1. The Kier molecular flexibility index (Phi) is 5.19. The molecule has 0 aliphatic carbocycles. The van der Waals surface area contributed by atoms with E-state index in [0.29, 0.717) is 5.95 Å². The van der Waals surface area contributed by atoms with Gasteiger partial charge in [0.25, 0.3) is 0 Å². The average molecular weight is 359 g/mol. The molecular weight excluding hydrogens is 334 g/mol. The summed E-state index contributed by atoms with van der Waals surface area (Å²) < 4.78 is 0. The Bertz CT molecular complexity index is 873. The molecule has 5 nitrogen and oxygen atoms in total. The third-order valence-corrected chi connectivity index (χ3v) is 4.90. The maximum absolute atomic E-state index is 4.72. The summed E-state index contributed by atoms with van der Waals surface area (Å²) in [6, 6.07) is 21.1. The van der Waals surface area contributed by atoms with E-state index in [0.717, 1.165) is 38.5 Å². The first kappa shape index (κ1) is 17.3. The molecule has 27 heavy (non-hydrogen) atoms. The van der Waals surface area contributed by atoms with Gasteiger partial charge >= 0.3 is 0 Å². The SMILES string of the molecule is Cc1cccc(CNc2nccc(N3CCN(c4ccccc4)CC3)n2)c1. The van der Waals surface area contributed by atoms with Gasteiger partial charge in [0.2, 0.25) is 5.95 Å². The van der Waals surface area contributed by atoms with Crippen LogP contribution in [0.3, 0.4) is 0 Å². The highest BCUT2D eigenvalue weighted by molar-refractivity contribution is 5.50. The fourth-order valence-corrected chi connectivity index (χ4v) is 3.45. The van der Waals surface area contributed by atoms with E-state index >= 15 is 0 Å². The summed E-state index contributed by atoms with van der Waals surface area (Å²) in [7, 11) is 0. The maximum atomic E-state index is 4.72. The lowest BCUT2D eigenvalue weighted by molar-refractivity contribution is 0.647. The van der Waals surface area contributed by atoms with Crippen LogP contribution >= 0.6 is 0 Å². The van der Waals surface area contributed by atoms with Gasteiger partial charge in [0, 0.05) is 44.6 Å². The van der Waals surface area contributed by atoms with E-state index in [9.17, 15) is 0 Å². The molecule has 0 atom stereocenters. The van der Waals surface area contributed by atoms with Gasteiger partial charge in [0.15, 0.2) is 0 Å². The van der Waals surface area contributed by atoms with Crippen molar-refractivity contribution in [3.8, 4) is 0 Å². The average Bonchev–Trinajstić information content (AvgIpc) is 2.73. The summed E-state index contributed by atoms with van der Waals surface area (Å²) in [5.74, 6) is 1.67. The number of hydrogen-bond donors (Lipinski definition) is 1. The molecule has 1 aromatic heterocycles. The molecule has 1 saturated heterocycles. The second-order valence-electron chi connectivity index (χ2n) is 6.89. The molecule has 1 aliphatic heterocycles. The van der Waals surface area contributed by atoms with E-state index in [1.54, 1.807) is 0 Å². The number of nitrogens with one attached hydrogen (secondary N) is 1. The van der Waals surface area contributed by atoms with Gasteiger partial charge in [0.05, 0.1) is 0 Å². The lowest BCUT2D eigenvalue weighted by Crippen LogP contribution is -2.46. The fourth-order valence-electron chi connectivity index (χ4n) is 3.45. The largest absolute Gasteiger partial charge is 0.368 e. The summed E-state index contributed by atoms with van der Waals surface area (Å²) in [6.45, 7) is 6.76. The lowest BCUT2D eigenvalue weighted by Gasteiger charge is -2.36. The molecule has 5 heteroatoms. The second kappa shape index (κ2) is 8.08. The van der Waals surface area contributed by atoms with Crippen molar-refractivity contribution in [2.24, 2.45) is 0 Å². The minimum absolute atomic E-state index is 0.680. The van der Waals surface area contributed by atoms with Crippen molar-refractivity contribution in [3.63, 3.8) is 0 Å². The third kappa shape index (κ3) is 4.37. The van der Waals surface area contributed by atoms with Crippen molar-refractivity contribution in [1.29, 1.82) is 0 Å². The molecule has 0 spiro atoms. The van der Waals surface area contributed by atoms with Crippen molar-refractivity contribution in [2.45, 2.75) is 13.5 Å². The standard InChI is InChI=1S/C22H25N5/c1-18-6-5-7-19(16-18)17-24-22-23-11-10-21(25-22)27-14-12-26(13-15-27)20-8-3-2-4-9-20/h2-11,16H,12-15,17H2,1H3,(H,23,24,25). The minimum Gasteiger partial charge on any atom is -0.368 e. The van der Waals surface area contributed by atoms with Gasteiger partial charge in [-0.05, 0) is 30.7 Å². The van der Waals surface area contributed by atoms with Crippen molar-refractivity contribution < 1.29 is 0 Å². The molecule has 0 amide bonds. The highest BCUT2D eigenvalue weighted by Gasteiger charge is 2.18. The Labute approximate surface area is 160 Å². The smallest absolute Gasteiger partial charge is 0.224 e. The normalized spacial score (nSPS) is 14.3. The van der Waals surface area contributed by atoms with Crippen LogP contribution < -0.4 is 15.1 Å². The second-order valence-corrected chi connectivity index (χ2v) is 6.89. The van der Waals surface area contributed by atoms with E-state index in [-0.39, 0.29) is 0 Å². The topological polar surface area (TPSA) is 44.3 Å². The molecule has 1 fully saturated rings. The molecule has 1 aliphatic rings. The molecule has 1 N–H and O–H groups in total. The predicted molar refractivity (Wildman–Crippen MR) is 111 cm³/mol. The van der Waals surface area contributed by atoms with Gasteiger partial charge in [-0.25, -0.2) is 4.98 Å². The summed E-state index contributed by atoms with van der Waals surface area (Å²) in [5, 5.41) is 3.34. The van der Waals surface area contributed by atoms with Crippen LogP contribution in [0.1, 0.15) is 11.1 Å². The number of benzene rings is 2. The van der Waals surface area contributed by atoms with Crippen LogP contribution in [0.4, 0.5) is 17.5 Å². The van der Waals surface area contributed by atoms with Crippen molar-refractivity contribution in [2.75, 3.05) is 41.3 Å². The Hall–Kier alpha value is -3.08. The summed E-state index contributed by atoms with van der Waals surface area (Å²) >= 11 is 0. The van der Waals surface area contributed by atoms with Crippen molar-refractivity contribution in [3.05, 3.63) is 78.0 Å². The van der Waals surface area contributed by atoms with Crippen LogP contribution in [-0.4, -0.2) is 36.1 Å². The molecule has 2 heterocycles. The zero-order valence-corrected chi connectivity index (χ0v) is 15.7. The number of hydrogen-bond acceptors (Lipinski definition) is 5. The first-order valence-electron chi connectivity index (χ1n) is 9.45. The molecule has 0 unspecified atom stereocenters. The molecule has 0 bridgehead atoms. The fraction of sp³-hybridized carbons (Fsp3) is 0.273. The summed E-state index contributed by atoms with van der Waals surface area (Å²) in [5.41, 5.74) is 3.79. The van der Waals surface area contributed by atoms with Crippen LogP contribution in [0, 0.1) is 6.92 Å². The molecule has 2 aromatic carbocycles. The van der Waals surface area contributed by atoms with Crippen LogP contribution in [0.25, 0.3) is 0 Å². The van der Waals surface area contributed by atoms with Crippen LogP contribution in [0.5, 0.6) is 0 Å². The molecule has 0 radical (unpaired) electrons. The van der Waals surface area contributed by atoms with Gasteiger partial charge in [-0.15, -0.1) is 0 Å². The Morgan fingerprint density at radius 1 is 0.889 bits per heavy atom. The van der Waals surface area contributed by atoms with Crippen LogP contribution in [-0.2, 0) is 6.54 Å². The number of anilines is 3. The van der Waals surface area contributed by atoms with Crippen LogP contribution in [0.2, 0.25) is 0 Å². The minimum atomic E-state index is 0.680. The van der Waals surface area contributed by atoms with Crippen LogP contribution in [0.15, 0.2) is 66.9 Å². The van der Waals surface area contributed by atoms with Gasteiger partial charge < -0.3 is 15.1 Å². The molecule has 4 rings (SSSR count). The zero-order valence-electron chi connectivity index (χ0n) is 15.7. The number of piperazine rings is 1. The molecular formula is C22H25N5. The van der Waals surface area contributed by atoms with E-state index in [4.69, 9.17) is 4.98 Å². The van der Waals surface area contributed by atoms with Gasteiger partial charge in [0.1, 0.15) is 5.82 Å². The number of nitrogens with zero attached hydrogens (tertiary/aromatic N) is 4. The lowest BCUT2D eigenvalue weighted by atomic mass is 10.1. The number of aromatic nitrogens is 2. The first-order chi connectivity index (χ1) is 13.3. The summed E-state index contributed by atoms with van der Waals surface area (Å²) in [6.07, 6.45) is 1.84. The van der Waals surface area contributed by atoms with Gasteiger partial charge in [-0.3, -0.25) is 0 Å². The Balaban J connectivity index is 1.37. The zero-order chi connectivity index (χ0) is 18.5. The highest BCUT2D eigenvalue weighted by Crippen LogP contribution is 2.19. The number of para-hydroxylation sites is 1. The Morgan fingerprint density at radius 3 is 2.44 bits per heavy atom. The molecule has 0 saturated carbocycles. The Morgan fingerprint density at radius 2 is 1.67 bits per heavy atom. The predicted octanol–water partition coefficient (Wildman–Crippen LogP) is 3.72. The van der Waals surface area contributed by atoms with E-state index < -0.39 is 0 Å². The molecule has 3 aromatic rings. The monoisotopic (exact) mass is 359 g/mol. The van der Waals surface area contributed by atoms with Gasteiger partial charge in [-0.1, -0.05) is 48.0 Å². The van der Waals surface area contributed by atoms with E-state index in [1.807, 2.05) is 12.3 Å². The van der Waals surface area contributed by atoms with Crippen molar-refractivity contribution >= 4 is 17.5 Å². The quantitative estimate of drug-likeness (QED) is 0.752. The first-order valence-corrected chi connectivity index (χ1v) is 9.45.